The van der Waals surface area contributed by atoms with E-state index in [0.717, 1.165) is 12.5 Å². The van der Waals surface area contributed by atoms with Crippen LogP contribution in [0.25, 0.3) is 0 Å². The van der Waals surface area contributed by atoms with Crippen LogP contribution >= 0.6 is 0 Å². The third kappa shape index (κ3) is 4.01. The SMILES string of the molecule is CCNC(Cc1ccc(F)cc1F)C1CCCCS1(=O)=O. The summed E-state index contributed by atoms with van der Waals surface area (Å²) in [6.45, 7) is 2.50. The van der Waals surface area contributed by atoms with Crippen LogP contribution in [0.1, 0.15) is 31.7 Å². The van der Waals surface area contributed by atoms with Crippen molar-refractivity contribution < 1.29 is 17.2 Å². The van der Waals surface area contributed by atoms with Gasteiger partial charge in [0.05, 0.1) is 11.0 Å². The first-order valence-electron chi connectivity index (χ1n) is 7.33. The topological polar surface area (TPSA) is 46.2 Å². The highest BCUT2D eigenvalue weighted by Crippen LogP contribution is 2.25. The number of hydrogen-bond acceptors (Lipinski definition) is 3. The Bertz CT molecular complexity index is 589. The second-order valence-corrected chi connectivity index (χ2v) is 7.84. The van der Waals surface area contributed by atoms with Crippen LogP contribution in [0.4, 0.5) is 8.78 Å². The number of hydrogen-bond donors (Lipinski definition) is 1. The van der Waals surface area contributed by atoms with Gasteiger partial charge in [0.15, 0.2) is 9.84 Å². The average molecular weight is 317 g/mol. The third-order valence-electron chi connectivity index (χ3n) is 4.00. The van der Waals surface area contributed by atoms with E-state index in [9.17, 15) is 17.2 Å². The van der Waals surface area contributed by atoms with E-state index >= 15 is 0 Å². The van der Waals surface area contributed by atoms with E-state index in [2.05, 4.69) is 5.32 Å². The number of sulfone groups is 1. The molecule has 1 aromatic rings. The lowest BCUT2D eigenvalue weighted by Crippen LogP contribution is -2.48. The number of likely N-dealkylation sites (N-methyl/N-ethyl adjacent to an activating group) is 1. The van der Waals surface area contributed by atoms with Crippen molar-refractivity contribution in [2.45, 2.75) is 43.9 Å². The molecular formula is C15H21F2NO2S. The molecular weight excluding hydrogens is 296 g/mol. The number of benzene rings is 1. The lowest BCUT2D eigenvalue weighted by atomic mass is 9.99. The van der Waals surface area contributed by atoms with Gasteiger partial charge in [-0.25, -0.2) is 17.2 Å². The molecule has 3 nitrogen and oxygen atoms in total. The van der Waals surface area contributed by atoms with Gasteiger partial charge in [0, 0.05) is 12.1 Å². The van der Waals surface area contributed by atoms with Crippen LogP contribution in [-0.2, 0) is 16.3 Å². The van der Waals surface area contributed by atoms with Crippen LogP contribution in [0, 0.1) is 11.6 Å². The maximum absolute atomic E-state index is 13.8. The molecule has 6 heteroatoms. The van der Waals surface area contributed by atoms with E-state index in [1.807, 2.05) is 6.92 Å². The molecule has 0 aliphatic carbocycles. The molecule has 1 saturated heterocycles. The molecule has 21 heavy (non-hydrogen) atoms. The first kappa shape index (κ1) is 16.4. The first-order valence-corrected chi connectivity index (χ1v) is 9.04. The summed E-state index contributed by atoms with van der Waals surface area (Å²) in [4.78, 5) is 0. The van der Waals surface area contributed by atoms with Gasteiger partial charge in [0.25, 0.3) is 0 Å². The van der Waals surface area contributed by atoms with Gasteiger partial charge >= 0.3 is 0 Å². The fourth-order valence-electron chi connectivity index (χ4n) is 2.95. The van der Waals surface area contributed by atoms with E-state index in [4.69, 9.17) is 0 Å². The second-order valence-electron chi connectivity index (χ2n) is 5.51. The summed E-state index contributed by atoms with van der Waals surface area (Å²) in [5.74, 6) is -1.04. The molecule has 0 bridgehead atoms. The fourth-order valence-corrected chi connectivity index (χ4v) is 5.08. The van der Waals surface area contributed by atoms with E-state index in [-0.39, 0.29) is 18.2 Å². The van der Waals surface area contributed by atoms with Gasteiger partial charge < -0.3 is 5.32 Å². The molecule has 1 N–H and O–H groups in total. The normalized spacial score (nSPS) is 22.9. The molecule has 0 saturated carbocycles. The number of rotatable bonds is 5. The monoisotopic (exact) mass is 317 g/mol. The minimum absolute atomic E-state index is 0.200. The van der Waals surface area contributed by atoms with Crippen molar-refractivity contribution in [3.63, 3.8) is 0 Å². The van der Waals surface area contributed by atoms with Gasteiger partial charge in [-0.3, -0.25) is 0 Å². The zero-order chi connectivity index (χ0) is 15.5. The molecule has 118 valence electrons. The van der Waals surface area contributed by atoms with Crippen LogP contribution in [0.3, 0.4) is 0 Å². The Balaban J connectivity index is 2.22. The van der Waals surface area contributed by atoms with Gasteiger partial charge in [0.1, 0.15) is 11.6 Å². The Morgan fingerprint density at radius 2 is 2.10 bits per heavy atom. The smallest absolute Gasteiger partial charge is 0.154 e. The summed E-state index contributed by atoms with van der Waals surface area (Å²) in [5.41, 5.74) is 0.350. The molecule has 0 amide bonds. The van der Waals surface area contributed by atoms with Gasteiger partial charge in [0.2, 0.25) is 0 Å². The highest BCUT2D eigenvalue weighted by atomic mass is 32.2. The van der Waals surface area contributed by atoms with Crippen LogP contribution in [0.2, 0.25) is 0 Å². The van der Waals surface area contributed by atoms with Gasteiger partial charge in [-0.05, 0) is 37.4 Å². The molecule has 2 rings (SSSR count). The summed E-state index contributed by atoms with van der Waals surface area (Å²) in [6.07, 6.45) is 2.42. The number of nitrogens with one attached hydrogen (secondary N) is 1. The van der Waals surface area contributed by atoms with Crippen molar-refractivity contribution in [3.8, 4) is 0 Å². The van der Waals surface area contributed by atoms with Crippen molar-refractivity contribution in [2.75, 3.05) is 12.3 Å². The van der Waals surface area contributed by atoms with Crippen LogP contribution in [0.5, 0.6) is 0 Å². The molecule has 0 spiro atoms. The minimum atomic E-state index is -3.15. The molecule has 0 aromatic heterocycles. The highest BCUT2D eigenvalue weighted by Gasteiger charge is 2.35. The highest BCUT2D eigenvalue weighted by molar-refractivity contribution is 7.92. The van der Waals surface area contributed by atoms with E-state index in [1.165, 1.54) is 12.1 Å². The quantitative estimate of drug-likeness (QED) is 0.907. The van der Waals surface area contributed by atoms with E-state index in [1.54, 1.807) is 0 Å². The minimum Gasteiger partial charge on any atom is -0.313 e. The molecule has 0 radical (unpaired) electrons. The van der Waals surface area contributed by atoms with Crippen molar-refractivity contribution >= 4 is 9.84 Å². The predicted octanol–water partition coefficient (Wildman–Crippen LogP) is 2.45. The van der Waals surface area contributed by atoms with Crippen molar-refractivity contribution in [1.29, 1.82) is 0 Å². The van der Waals surface area contributed by atoms with Crippen molar-refractivity contribution in [2.24, 2.45) is 0 Å². The third-order valence-corrected chi connectivity index (χ3v) is 6.34. The molecule has 1 aromatic carbocycles. The van der Waals surface area contributed by atoms with Gasteiger partial charge in [-0.15, -0.1) is 0 Å². The van der Waals surface area contributed by atoms with Crippen molar-refractivity contribution in [1.82, 2.24) is 5.32 Å². The maximum Gasteiger partial charge on any atom is 0.154 e. The molecule has 1 aliphatic heterocycles. The fraction of sp³-hybridized carbons (Fsp3) is 0.600. The van der Waals surface area contributed by atoms with Crippen LogP contribution < -0.4 is 5.32 Å². The Kier molecular flexibility index (Phi) is 5.32. The molecule has 2 unspecified atom stereocenters. The number of halogens is 2. The summed E-state index contributed by atoms with van der Waals surface area (Å²) in [6, 6.07) is 3.11. The van der Waals surface area contributed by atoms with Crippen LogP contribution in [0.15, 0.2) is 18.2 Å². The molecule has 1 fully saturated rings. The summed E-state index contributed by atoms with van der Waals surface area (Å²) >= 11 is 0. The van der Waals surface area contributed by atoms with E-state index in [0.29, 0.717) is 24.9 Å². The largest absolute Gasteiger partial charge is 0.313 e. The van der Waals surface area contributed by atoms with Crippen molar-refractivity contribution in [3.05, 3.63) is 35.4 Å². The lowest BCUT2D eigenvalue weighted by molar-refractivity contribution is 0.435. The predicted molar refractivity (Wildman–Crippen MR) is 79.0 cm³/mol. The van der Waals surface area contributed by atoms with E-state index < -0.39 is 26.7 Å². The zero-order valence-corrected chi connectivity index (χ0v) is 12.9. The lowest BCUT2D eigenvalue weighted by Gasteiger charge is -2.30. The maximum atomic E-state index is 13.8. The summed E-state index contributed by atoms with van der Waals surface area (Å²) in [5, 5.41) is 2.67. The second kappa shape index (κ2) is 6.83. The zero-order valence-electron chi connectivity index (χ0n) is 12.1. The Hall–Kier alpha value is -1.01. The van der Waals surface area contributed by atoms with Crippen LogP contribution in [-0.4, -0.2) is 32.0 Å². The van der Waals surface area contributed by atoms with Gasteiger partial charge in [-0.2, -0.15) is 0 Å². The molecule has 1 aliphatic rings. The summed E-state index contributed by atoms with van der Waals surface area (Å²) < 4.78 is 51.2. The Labute approximate surface area is 124 Å². The molecule has 2 atom stereocenters. The Morgan fingerprint density at radius 3 is 2.71 bits per heavy atom. The summed E-state index contributed by atoms with van der Waals surface area (Å²) in [7, 11) is -3.15. The van der Waals surface area contributed by atoms with Gasteiger partial charge in [-0.1, -0.05) is 19.4 Å². The average Bonchev–Trinajstić information content (AvgIpc) is 2.41. The molecule has 1 heterocycles. The first-order chi connectivity index (χ1) is 9.94. The Morgan fingerprint density at radius 1 is 1.33 bits per heavy atom. The standard InChI is InChI=1S/C15H21F2NO2S/c1-2-18-14(15-5-3-4-8-21(15,19)20)9-11-6-7-12(16)10-13(11)17/h6-7,10,14-15,18H,2-5,8-9H2,1H3.